The number of benzene rings is 4. The largest absolute Gasteiger partial charge is 0.457 e. The molecule has 3 nitrogen and oxygen atoms in total. The summed E-state index contributed by atoms with van der Waals surface area (Å²) in [5.74, 6) is 1.57. The number of rotatable bonds is 4. The molecule has 0 unspecified atom stereocenters. The highest BCUT2D eigenvalue weighted by molar-refractivity contribution is 5.92. The van der Waals surface area contributed by atoms with E-state index in [0.717, 1.165) is 50.2 Å². The van der Waals surface area contributed by atoms with Crippen LogP contribution >= 0.6 is 0 Å². The Morgan fingerprint density at radius 2 is 1.35 bits per heavy atom. The first-order chi connectivity index (χ1) is 17.9. The second-order valence-electron chi connectivity index (χ2n) is 10.4. The Morgan fingerprint density at radius 1 is 0.595 bits per heavy atom. The highest BCUT2D eigenvalue weighted by Crippen LogP contribution is 2.36. The van der Waals surface area contributed by atoms with Gasteiger partial charge in [-0.3, -0.25) is 9.97 Å². The van der Waals surface area contributed by atoms with E-state index in [0.29, 0.717) is 0 Å². The van der Waals surface area contributed by atoms with E-state index in [4.69, 9.17) is 14.7 Å². The Morgan fingerprint density at radius 3 is 2.19 bits per heavy atom. The van der Waals surface area contributed by atoms with Crippen molar-refractivity contribution in [2.24, 2.45) is 0 Å². The zero-order valence-corrected chi connectivity index (χ0v) is 21.3. The molecular weight excluding hydrogens is 452 g/mol. The van der Waals surface area contributed by atoms with Crippen molar-refractivity contribution in [1.29, 1.82) is 0 Å². The van der Waals surface area contributed by atoms with Crippen LogP contribution in [0.1, 0.15) is 26.3 Å². The summed E-state index contributed by atoms with van der Waals surface area (Å²) in [5.41, 5.74) is 5.22. The maximum atomic E-state index is 6.55. The summed E-state index contributed by atoms with van der Waals surface area (Å²) in [6, 6.07) is 35.4. The molecule has 37 heavy (non-hydrogen) atoms. The van der Waals surface area contributed by atoms with Crippen molar-refractivity contribution in [2.75, 3.05) is 0 Å². The minimum atomic E-state index is 0.0467. The maximum Gasteiger partial charge on any atom is 0.135 e. The van der Waals surface area contributed by atoms with E-state index in [2.05, 4.69) is 99.6 Å². The number of ether oxygens (including phenoxy) is 1. The van der Waals surface area contributed by atoms with E-state index in [1.54, 1.807) is 0 Å². The molecule has 0 atom stereocenters. The molecule has 6 aromatic rings. The summed E-state index contributed by atoms with van der Waals surface area (Å²) in [4.78, 5) is 9.39. The molecule has 0 aliphatic heterocycles. The summed E-state index contributed by atoms with van der Waals surface area (Å²) in [7, 11) is 0. The van der Waals surface area contributed by atoms with Gasteiger partial charge in [0.05, 0.1) is 11.4 Å². The fraction of sp³-hybridized carbons (Fsp3) is 0.118. The molecule has 0 bridgehead atoms. The average molecular weight is 481 g/mol. The van der Waals surface area contributed by atoms with Crippen LogP contribution in [0.2, 0.25) is 0 Å². The first-order valence-corrected chi connectivity index (χ1v) is 12.6. The lowest BCUT2D eigenvalue weighted by Gasteiger charge is -2.19. The van der Waals surface area contributed by atoms with Crippen molar-refractivity contribution >= 4 is 21.5 Å². The van der Waals surface area contributed by atoms with Crippen molar-refractivity contribution in [3.8, 4) is 34.0 Å². The van der Waals surface area contributed by atoms with Crippen LogP contribution in [0, 0.1) is 0 Å². The van der Waals surface area contributed by atoms with Crippen LogP contribution in [-0.2, 0) is 5.41 Å². The zero-order chi connectivity index (χ0) is 25.4. The van der Waals surface area contributed by atoms with Crippen LogP contribution in [0.15, 0.2) is 116 Å². The number of nitrogens with zero attached hydrogens (tertiary/aromatic N) is 2. The summed E-state index contributed by atoms with van der Waals surface area (Å²) >= 11 is 0. The van der Waals surface area contributed by atoms with E-state index in [-0.39, 0.29) is 5.41 Å². The molecule has 2 heterocycles. The summed E-state index contributed by atoms with van der Waals surface area (Å²) in [6.45, 7) is 6.66. The van der Waals surface area contributed by atoms with Crippen molar-refractivity contribution in [2.45, 2.75) is 26.2 Å². The number of aromatic nitrogens is 2. The number of hydrogen-bond donors (Lipinski definition) is 0. The molecule has 0 aliphatic carbocycles. The van der Waals surface area contributed by atoms with Crippen LogP contribution in [0.5, 0.6) is 11.5 Å². The predicted octanol–water partition coefficient (Wildman–Crippen LogP) is 9.21. The third kappa shape index (κ3) is 4.68. The lowest BCUT2D eigenvalue weighted by atomic mass is 9.87. The fourth-order valence-corrected chi connectivity index (χ4v) is 4.65. The summed E-state index contributed by atoms with van der Waals surface area (Å²) in [5, 5.41) is 4.48. The van der Waals surface area contributed by atoms with Crippen LogP contribution in [0.4, 0.5) is 0 Å². The van der Waals surface area contributed by atoms with E-state index in [9.17, 15) is 0 Å². The van der Waals surface area contributed by atoms with Crippen molar-refractivity contribution < 1.29 is 4.74 Å². The molecule has 0 N–H and O–H groups in total. The topological polar surface area (TPSA) is 35.0 Å². The molecule has 0 saturated heterocycles. The molecule has 180 valence electrons. The second-order valence-corrected chi connectivity index (χ2v) is 10.4. The smallest absolute Gasteiger partial charge is 0.135 e. The zero-order valence-electron chi connectivity index (χ0n) is 21.3. The monoisotopic (exact) mass is 480 g/mol. The van der Waals surface area contributed by atoms with E-state index >= 15 is 0 Å². The normalized spacial score (nSPS) is 11.6. The molecular formula is C34H28N2O. The highest BCUT2D eigenvalue weighted by Gasteiger charge is 2.16. The second kappa shape index (κ2) is 9.18. The van der Waals surface area contributed by atoms with Crippen molar-refractivity contribution in [1.82, 2.24) is 9.97 Å². The Bertz CT molecular complexity index is 1750. The Balaban J connectivity index is 1.40. The molecule has 2 aromatic heterocycles. The van der Waals surface area contributed by atoms with Gasteiger partial charge in [-0.25, -0.2) is 0 Å². The standard InChI is InChI=1S/C34H28N2O/c1-34(2,3)28-15-16-35-32(21-28)27-17-24-10-6-7-14-30(24)33(20-27)37-29-13-8-12-25(18-29)31-19-23-9-4-5-11-26(23)22-36-31/h4-22H,1-3H3. The first kappa shape index (κ1) is 22.9. The molecule has 6 rings (SSSR count). The predicted molar refractivity (Wildman–Crippen MR) is 153 cm³/mol. The molecule has 0 fully saturated rings. The fourth-order valence-electron chi connectivity index (χ4n) is 4.65. The van der Waals surface area contributed by atoms with E-state index < -0.39 is 0 Å². The van der Waals surface area contributed by atoms with Gasteiger partial charge >= 0.3 is 0 Å². The molecule has 0 aliphatic rings. The molecule has 0 saturated carbocycles. The third-order valence-corrected chi connectivity index (χ3v) is 6.73. The Labute approximate surface area is 217 Å². The van der Waals surface area contributed by atoms with Gasteiger partial charge in [0.2, 0.25) is 0 Å². The summed E-state index contributed by atoms with van der Waals surface area (Å²) in [6.07, 6.45) is 3.82. The van der Waals surface area contributed by atoms with Gasteiger partial charge in [-0.2, -0.15) is 0 Å². The van der Waals surface area contributed by atoms with Gasteiger partial charge in [0, 0.05) is 34.3 Å². The lowest BCUT2D eigenvalue weighted by Crippen LogP contribution is -2.11. The molecule has 3 heteroatoms. The van der Waals surface area contributed by atoms with Gasteiger partial charge in [-0.15, -0.1) is 0 Å². The van der Waals surface area contributed by atoms with Gasteiger partial charge < -0.3 is 4.74 Å². The van der Waals surface area contributed by atoms with Crippen LogP contribution < -0.4 is 4.74 Å². The number of hydrogen-bond acceptors (Lipinski definition) is 3. The van der Waals surface area contributed by atoms with Gasteiger partial charge in [-0.05, 0) is 64.2 Å². The van der Waals surface area contributed by atoms with Crippen LogP contribution in [0.3, 0.4) is 0 Å². The van der Waals surface area contributed by atoms with Gasteiger partial charge in [-0.1, -0.05) is 81.4 Å². The highest BCUT2D eigenvalue weighted by atomic mass is 16.5. The van der Waals surface area contributed by atoms with Crippen LogP contribution in [-0.4, -0.2) is 9.97 Å². The molecule has 4 aromatic carbocycles. The lowest BCUT2D eigenvalue weighted by molar-refractivity contribution is 0.489. The first-order valence-electron chi connectivity index (χ1n) is 12.6. The number of fused-ring (bicyclic) bond motifs is 2. The molecule has 0 spiro atoms. The van der Waals surface area contributed by atoms with Gasteiger partial charge in [0.15, 0.2) is 0 Å². The maximum absolute atomic E-state index is 6.55. The quantitative estimate of drug-likeness (QED) is 0.252. The molecule has 0 amide bonds. The third-order valence-electron chi connectivity index (χ3n) is 6.73. The average Bonchev–Trinajstić information content (AvgIpc) is 2.92. The van der Waals surface area contributed by atoms with Gasteiger partial charge in [0.1, 0.15) is 11.5 Å². The van der Waals surface area contributed by atoms with E-state index in [1.807, 2.05) is 36.7 Å². The molecule has 0 radical (unpaired) electrons. The van der Waals surface area contributed by atoms with Gasteiger partial charge in [0.25, 0.3) is 0 Å². The Kier molecular flexibility index (Phi) is 5.69. The number of pyridine rings is 2. The SMILES string of the molecule is CC(C)(C)c1ccnc(-c2cc(Oc3cccc(-c4cc5ccccc5cn4)c3)c3ccccc3c2)c1. The summed E-state index contributed by atoms with van der Waals surface area (Å²) < 4.78 is 6.55. The minimum absolute atomic E-state index is 0.0467. The van der Waals surface area contributed by atoms with Crippen LogP contribution in [0.25, 0.3) is 44.1 Å². The van der Waals surface area contributed by atoms with Crippen molar-refractivity contribution in [3.63, 3.8) is 0 Å². The Hall–Kier alpha value is -4.50. The minimum Gasteiger partial charge on any atom is -0.457 e. The van der Waals surface area contributed by atoms with E-state index in [1.165, 1.54) is 10.9 Å². The van der Waals surface area contributed by atoms with Crippen molar-refractivity contribution in [3.05, 3.63) is 121 Å².